The van der Waals surface area contributed by atoms with Crippen LogP contribution in [0.15, 0.2) is 18.2 Å². The number of nitrogens with two attached hydrogens (primary N) is 1. The minimum Gasteiger partial charge on any atom is -0.381 e. The Morgan fingerprint density at radius 3 is 2.71 bits per heavy atom. The molecule has 17 heavy (non-hydrogen) atoms. The molecule has 1 aromatic carbocycles. The monoisotopic (exact) mass is 254 g/mol. The largest absolute Gasteiger partial charge is 0.381 e. The van der Waals surface area contributed by atoms with Crippen LogP contribution in [0.3, 0.4) is 0 Å². The standard InChI is InChI=1S/C14H23ClN2/c1-3-4-5-6-13(10-16)17-12-8-7-11(2)14(15)9-12/h7-9,13,17H,3-6,10,16H2,1-2H3. The lowest BCUT2D eigenvalue weighted by molar-refractivity contribution is 0.591. The Bertz CT molecular complexity index is 339. The van der Waals surface area contributed by atoms with Gasteiger partial charge in [-0.15, -0.1) is 0 Å². The summed E-state index contributed by atoms with van der Waals surface area (Å²) < 4.78 is 0. The normalized spacial score (nSPS) is 12.5. The van der Waals surface area contributed by atoms with Crippen LogP contribution in [0, 0.1) is 6.92 Å². The number of anilines is 1. The van der Waals surface area contributed by atoms with Crippen LogP contribution in [0.25, 0.3) is 0 Å². The number of benzene rings is 1. The maximum atomic E-state index is 6.10. The molecule has 0 aliphatic heterocycles. The Kier molecular flexibility index (Phi) is 6.38. The molecule has 0 aromatic heterocycles. The number of nitrogens with one attached hydrogen (secondary N) is 1. The van der Waals surface area contributed by atoms with Gasteiger partial charge in [0.1, 0.15) is 0 Å². The fourth-order valence-electron chi connectivity index (χ4n) is 1.81. The summed E-state index contributed by atoms with van der Waals surface area (Å²) >= 11 is 6.10. The van der Waals surface area contributed by atoms with Crippen LogP contribution >= 0.6 is 11.6 Å². The number of aryl methyl sites for hydroxylation is 1. The second-order valence-electron chi connectivity index (χ2n) is 4.54. The molecule has 1 unspecified atom stereocenters. The van der Waals surface area contributed by atoms with Crippen LogP contribution in [0.4, 0.5) is 5.69 Å². The van der Waals surface area contributed by atoms with Crippen molar-refractivity contribution in [1.29, 1.82) is 0 Å². The number of rotatable bonds is 7. The van der Waals surface area contributed by atoms with E-state index in [9.17, 15) is 0 Å². The first-order valence-corrected chi connectivity index (χ1v) is 6.78. The Morgan fingerprint density at radius 2 is 2.12 bits per heavy atom. The molecule has 1 rings (SSSR count). The summed E-state index contributed by atoms with van der Waals surface area (Å²) in [5.41, 5.74) is 7.94. The van der Waals surface area contributed by atoms with Crippen molar-refractivity contribution in [2.75, 3.05) is 11.9 Å². The highest BCUT2D eigenvalue weighted by Gasteiger charge is 2.06. The van der Waals surface area contributed by atoms with Gasteiger partial charge in [0.15, 0.2) is 0 Å². The predicted molar refractivity (Wildman–Crippen MR) is 76.8 cm³/mol. The molecule has 0 aliphatic rings. The molecule has 0 bridgehead atoms. The van der Waals surface area contributed by atoms with E-state index < -0.39 is 0 Å². The molecule has 0 fully saturated rings. The van der Waals surface area contributed by atoms with E-state index >= 15 is 0 Å². The van der Waals surface area contributed by atoms with Gasteiger partial charge in [0, 0.05) is 23.3 Å². The lowest BCUT2D eigenvalue weighted by atomic mass is 10.1. The van der Waals surface area contributed by atoms with Gasteiger partial charge in [-0.05, 0) is 31.0 Å². The Balaban J connectivity index is 2.51. The third-order valence-electron chi connectivity index (χ3n) is 2.98. The first-order valence-electron chi connectivity index (χ1n) is 6.40. The molecule has 0 spiro atoms. The van der Waals surface area contributed by atoms with E-state index in [1.165, 1.54) is 19.3 Å². The first kappa shape index (κ1) is 14.3. The van der Waals surface area contributed by atoms with Gasteiger partial charge in [-0.25, -0.2) is 0 Å². The van der Waals surface area contributed by atoms with Crippen molar-refractivity contribution in [3.05, 3.63) is 28.8 Å². The highest BCUT2D eigenvalue weighted by atomic mass is 35.5. The fourth-order valence-corrected chi connectivity index (χ4v) is 1.99. The molecule has 0 radical (unpaired) electrons. The quantitative estimate of drug-likeness (QED) is 0.723. The minimum absolute atomic E-state index is 0.348. The van der Waals surface area contributed by atoms with Crippen LogP contribution in [-0.2, 0) is 0 Å². The molecule has 0 saturated heterocycles. The van der Waals surface area contributed by atoms with Crippen LogP contribution in [0.2, 0.25) is 5.02 Å². The summed E-state index contributed by atoms with van der Waals surface area (Å²) in [7, 11) is 0. The van der Waals surface area contributed by atoms with E-state index in [-0.39, 0.29) is 0 Å². The smallest absolute Gasteiger partial charge is 0.0455 e. The van der Waals surface area contributed by atoms with Crippen molar-refractivity contribution in [2.45, 2.75) is 45.6 Å². The molecular weight excluding hydrogens is 232 g/mol. The zero-order valence-corrected chi connectivity index (χ0v) is 11.6. The summed E-state index contributed by atoms with van der Waals surface area (Å²) in [6.45, 7) is 4.88. The maximum Gasteiger partial charge on any atom is 0.0455 e. The van der Waals surface area contributed by atoms with Crippen LogP contribution < -0.4 is 11.1 Å². The molecule has 0 amide bonds. The summed E-state index contributed by atoms with van der Waals surface area (Å²) in [6, 6.07) is 6.41. The molecule has 0 aliphatic carbocycles. The van der Waals surface area contributed by atoms with Gasteiger partial charge in [-0.3, -0.25) is 0 Å². The fraction of sp³-hybridized carbons (Fsp3) is 0.571. The van der Waals surface area contributed by atoms with Crippen molar-refractivity contribution >= 4 is 17.3 Å². The van der Waals surface area contributed by atoms with E-state index in [0.717, 1.165) is 22.7 Å². The Hall–Kier alpha value is -0.730. The minimum atomic E-state index is 0.348. The topological polar surface area (TPSA) is 38.0 Å². The zero-order chi connectivity index (χ0) is 12.7. The SMILES string of the molecule is CCCCCC(CN)Nc1ccc(C)c(Cl)c1. The molecule has 3 heteroatoms. The zero-order valence-electron chi connectivity index (χ0n) is 10.8. The number of hydrogen-bond donors (Lipinski definition) is 2. The summed E-state index contributed by atoms with van der Waals surface area (Å²) in [5.74, 6) is 0. The van der Waals surface area contributed by atoms with Gasteiger partial charge < -0.3 is 11.1 Å². The lowest BCUT2D eigenvalue weighted by Crippen LogP contribution is -2.28. The molecule has 0 saturated carbocycles. The van der Waals surface area contributed by atoms with Gasteiger partial charge in [0.05, 0.1) is 0 Å². The van der Waals surface area contributed by atoms with E-state index in [0.29, 0.717) is 12.6 Å². The Morgan fingerprint density at radius 1 is 1.35 bits per heavy atom. The van der Waals surface area contributed by atoms with Gasteiger partial charge in [-0.2, -0.15) is 0 Å². The van der Waals surface area contributed by atoms with Gasteiger partial charge in [0.2, 0.25) is 0 Å². The number of halogens is 1. The maximum absolute atomic E-state index is 6.10. The third kappa shape index (κ3) is 4.97. The summed E-state index contributed by atoms with van der Waals surface area (Å²) in [6.07, 6.45) is 4.86. The Labute approximate surface area is 110 Å². The van der Waals surface area contributed by atoms with Crippen molar-refractivity contribution < 1.29 is 0 Å². The molecule has 1 atom stereocenters. The molecular formula is C14H23ClN2. The van der Waals surface area contributed by atoms with Crippen LogP contribution in [0.5, 0.6) is 0 Å². The van der Waals surface area contributed by atoms with Gasteiger partial charge in [0.25, 0.3) is 0 Å². The molecule has 2 nitrogen and oxygen atoms in total. The molecule has 0 heterocycles. The van der Waals surface area contributed by atoms with Gasteiger partial charge in [-0.1, -0.05) is 43.9 Å². The molecule has 1 aromatic rings. The van der Waals surface area contributed by atoms with Crippen molar-refractivity contribution in [2.24, 2.45) is 5.73 Å². The average Bonchev–Trinajstić information content (AvgIpc) is 2.32. The predicted octanol–water partition coefficient (Wildman–Crippen LogP) is 3.97. The van der Waals surface area contributed by atoms with Crippen LogP contribution in [0.1, 0.15) is 38.2 Å². The van der Waals surface area contributed by atoms with E-state index in [2.05, 4.69) is 18.3 Å². The number of unbranched alkanes of at least 4 members (excludes halogenated alkanes) is 2. The van der Waals surface area contributed by atoms with Crippen LogP contribution in [-0.4, -0.2) is 12.6 Å². The van der Waals surface area contributed by atoms with Crippen molar-refractivity contribution in [3.8, 4) is 0 Å². The van der Waals surface area contributed by atoms with E-state index in [1.54, 1.807) is 0 Å². The average molecular weight is 255 g/mol. The summed E-state index contributed by atoms with van der Waals surface area (Å²) in [5, 5.41) is 4.25. The lowest BCUT2D eigenvalue weighted by Gasteiger charge is -2.18. The second-order valence-corrected chi connectivity index (χ2v) is 4.94. The summed E-state index contributed by atoms with van der Waals surface area (Å²) in [4.78, 5) is 0. The van der Waals surface area contributed by atoms with E-state index in [4.69, 9.17) is 17.3 Å². The highest BCUT2D eigenvalue weighted by Crippen LogP contribution is 2.21. The van der Waals surface area contributed by atoms with Gasteiger partial charge >= 0.3 is 0 Å². The highest BCUT2D eigenvalue weighted by molar-refractivity contribution is 6.31. The van der Waals surface area contributed by atoms with E-state index in [1.807, 2.05) is 19.1 Å². The van der Waals surface area contributed by atoms with Crippen molar-refractivity contribution in [1.82, 2.24) is 0 Å². The second kappa shape index (κ2) is 7.57. The third-order valence-corrected chi connectivity index (χ3v) is 3.39. The first-order chi connectivity index (χ1) is 8.17. The number of hydrogen-bond acceptors (Lipinski definition) is 2. The van der Waals surface area contributed by atoms with Crippen molar-refractivity contribution in [3.63, 3.8) is 0 Å². The molecule has 3 N–H and O–H groups in total. The molecule has 96 valence electrons.